The first-order chi connectivity index (χ1) is 16.5. The second-order valence-corrected chi connectivity index (χ2v) is 8.42. The SMILES string of the molecule is CCCC(=O)Oc1ccc(C(C(C)COC(=O)OC(C)CC)[C@H](N)C(=O)O)cc1OC(=O)CCC. The van der Waals surface area contributed by atoms with Crippen LogP contribution in [0.2, 0.25) is 0 Å². The number of carboxylic acids is 1. The number of rotatable bonds is 14. The number of carbonyl (C=O) groups is 4. The van der Waals surface area contributed by atoms with E-state index >= 15 is 0 Å². The smallest absolute Gasteiger partial charge is 0.480 e. The van der Waals surface area contributed by atoms with Gasteiger partial charge in [0.25, 0.3) is 0 Å². The van der Waals surface area contributed by atoms with Gasteiger partial charge in [0.1, 0.15) is 12.1 Å². The van der Waals surface area contributed by atoms with Gasteiger partial charge in [0.2, 0.25) is 0 Å². The molecule has 0 saturated carbocycles. The van der Waals surface area contributed by atoms with Crippen molar-refractivity contribution in [3.63, 3.8) is 0 Å². The zero-order chi connectivity index (χ0) is 26.5. The van der Waals surface area contributed by atoms with Crippen molar-refractivity contribution in [3.05, 3.63) is 23.8 Å². The average Bonchev–Trinajstić information content (AvgIpc) is 2.79. The van der Waals surface area contributed by atoms with E-state index in [1.165, 1.54) is 12.1 Å². The summed E-state index contributed by atoms with van der Waals surface area (Å²) in [7, 11) is 0. The molecule has 10 heteroatoms. The normalized spacial score (nSPS) is 14.2. The maximum absolute atomic E-state index is 12.2. The molecule has 0 aromatic heterocycles. The topological polar surface area (TPSA) is 151 Å². The van der Waals surface area contributed by atoms with Crippen molar-refractivity contribution in [1.82, 2.24) is 0 Å². The van der Waals surface area contributed by atoms with E-state index in [0.29, 0.717) is 24.8 Å². The lowest BCUT2D eigenvalue weighted by atomic mass is 9.82. The Labute approximate surface area is 206 Å². The van der Waals surface area contributed by atoms with Crippen molar-refractivity contribution in [2.24, 2.45) is 11.7 Å². The van der Waals surface area contributed by atoms with Crippen LogP contribution in [0.1, 0.15) is 78.2 Å². The number of aliphatic carboxylic acids is 1. The van der Waals surface area contributed by atoms with Gasteiger partial charge in [-0.05, 0) is 49.8 Å². The van der Waals surface area contributed by atoms with Gasteiger partial charge in [0.15, 0.2) is 11.5 Å². The Balaban J connectivity index is 3.27. The fraction of sp³-hybridized carbons (Fsp3) is 0.600. The van der Waals surface area contributed by atoms with Crippen molar-refractivity contribution in [3.8, 4) is 11.5 Å². The van der Waals surface area contributed by atoms with Gasteiger partial charge in [-0.1, -0.05) is 33.8 Å². The third-order valence-electron chi connectivity index (χ3n) is 5.33. The van der Waals surface area contributed by atoms with E-state index in [1.54, 1.807) is 19.9 Å². The number of nitrogens with two attached hydrogens (primary N) is 1. The number of esters is 2. The highest BCUT2D eigenvalue weighted by Crippen LogP contribution is 2.36. The molecule has 1 aromatic carbocycles. The van der Waals surface area contributed by atoms with Crippen molar-refractivity contribution in [2.75, 3.05) is 6.61 Å². The largest absolute Gasteiger partial charge is 0.508 e. The van der Waals surface area contributed by atoms with Crippen LogP contribution in [0.15, 0.2) is 18.2 Å². The fourth-order valence-electron chi connectivity index (χ4n) is 3.28. The molecule has 196 valence electrons. The summed E-state index contributed by atoms with van der Waals surface area (Å²) in [6.45, 7) is 8.75. The summed E-state index contributed by atoms with van der Waals surface area (Å²) in [5, 5.41) is 9.60. The highest BCUT2D eigenvalue weighted by Gasteiger charge is 2.33. The van der Waals surface area contributed by atoms with Gasteiger partial charge in [0.05, 0.1) is 6.61 Å². The van der Waals surface area contributed by atoms with Crippen LogP contribution in [-0.4, -0.2) is 47.9 Å². The lowest BCUT2D eigenvalue weighted by Gasteiger charge is -2.28. The van der Waals surface area contributed by atoms with E-state index in [1.807, 2.05) is 20.8 Å². The van der Waals surface area contributed by atoms with E-state index in [9.17, 15) is 24.3 Å². The van der Waals surface area contributed by atoms with Crippen LogP contribution >= 0.6 is 0 Å². The monoisotopic (exact) mass is 495 g/mol. The number of hydrogen-bond acceptors (Lipinski definition) is 9. The molecule has 0 spiro atoms. The quantitative estimate of drug-likeness (QED) is 0.284. The summed E-state index contributed by atoms with van der Waals surface area (Å²) < 4.78 is 21.0. The lowest BCUT2D eigenvalue weighted by molar-refractivity contribution is -0.139. The van der Waals surface area contributed by atoms with Crippen LogP contribution in [0.3, 0.4) is 0 Å². The van der Waals surface area contributed by atoms with Gasteiger partial charge in [-0.3, -0.25) is 14.4 Å². The summed E-state index contributed by atoms with van der Waals surface area (Å²) in [5.74, 6) is -3.62. The number of carbonyl (C=O) groups excluding carboxylic acids is 3. The summed E-state index contributed by atoms with van der Waals surface area (Å²) in [4.78, 5) is 47.9. The van der Waals surface area contributed by atoms with E-state index < -0.39 is 41.9 Å². The predicted octanol–water partition coefficient (Wildman–Crippen LogP) is 4.18. The summed E-state index contributed by atoms with van der Waals surface area (Å²) in [5.41, 5.74) is 6.41. The van der Waals surface area contributed by atoms with Gasteiger partial charge in [-0.2, -0.15) is 0 Å². The van der Waals surface area contributed by atoms with E-state index in [4.69, 9.17) is 24.7 Å². The molecule has 0 amide bonds. The van der Waals surface area contributed by atoms with Crippen LogP contribution < -0.4 is 15.2 Å². The minimum absolute atomic E-state index is 0.0164. The molecule has 0 saturated heterocycles. The van der Waals surface area contributed by atoms with Crippen molar-refractivity contribution in [2.45, 2.75) is 84.8 Å². The highest BCUT2D eigenvalue weighted by molar-refractivity contribution is 5.77. The fourth-order valence-corrected chi connectivity index (χ4v) is 3.28. The second-order valence-electron chi connectivity index (χ2n) is 8.42. The number of ether oxygens (including phenoxy) is 4. The maximum Gasteiger partial charge on any atom is 0.508 e. The molecule has 0 heterocycles. The Hall–Kier alpha value is -3.14. The van der Waals surface area contributed by atoms with Crippen LogP contribution in [0.25, 0.3) is 0 Å². The molecule has 10 nitrogen and oxygen atoms in total. The molecule has 0 radical (unpaired) electrons. The zero-order valence-electron chi connectivity index (χ0n) is 21.1. The number of hydrogen-bond donors (Lipinski definition) is 2. The Morgan fingerprint density at radius 2 is 1.51 bits per heavy atom. The minimum atomic E-state index is -1.35. The van der Waals surface area contributed by atoms with Crippen molar-refractivity contribution < 1.29 is 43.2 Å². The first-order valence-electron chi connectivity index (χ1n) is 11.9. The molecule has 4 atom stereocenters. The Morgan fingerprint density at radius 3 is 2.03 bits per heavy atom. The first-order valence-corrected chi connectivity index (χ1v) is 11.9. The van der Waals surface area contributed by atoms with Crippen molar-refractivity contribution in [1.29, 1.82) is 0 Å². The van der Waals surface area contributed by atoms with Crippen LogP contribution in [0, 0.1) is 5.92 Å². The maximum atomic E-state index is 12.2. The molecule has 0 bridgehead atoms. The molecule has 1 rings (SSSR count). The summed E-state index contributed by atoms with van der Waals surface area (Å²) in [6, 6.07) is 3.06. The Bertz CT molecular complexity index is 870. The third kappa shape index (κ3) is 9.94. The van der Waals surface area contributed by atoms with Crippen LogP contribution in [0.4, 0.5) is 4.79 Å². The molecule has 0 aliphatic rings. The Morgan fingerprint density at radius 1 is 0.943 bits per heavy atom. The van der Waals surface area contributed by atoms with Gasteiger partial charge in [-0.25, -0.2) is 4.79 Å². The molecule has 0 aliphatic carbocycles. The second kappa shape index (κ2) is 15.0. The first kappa shape index (κ1) is 29.9. The van der Waals surface area contributed by atoms with Crippen LogP contribution in [-0.2, 0) is 23.9 Å². The van der Waals surface area contributed by atoms with Crippen LogP contribution in [0.5, 0.6) is 11.5 Å². The van der Waals surface area contributed by atoms with E-state index in [0.717, 1.165) is 0 Å². The summed E-state index contributed by atoms with van der Waals surface area (Å²) in [6.07, 6.45) is 0.891. The molecule has 0 aliphatic heterocycles. The van der Waals surface area contributed by atoms with Gasteiger partial charge >= 0.3 is 24.1 Å². The van der Waals surface area contributed by atoms with Gasteiger partial charge in [0, 0.05) is 18.8 Å². The van der Waals surface area contributed by atoms with Gasteiger partial charge in [-0.15, -0.1) is 0 Å². The van der Waals surface area contributed by atoms with Crippen molar-refractivity contribution >= 4 is 24.1 Å². The van der Waals surface area contributed by atoms with E-state index in [-0.39, 0.29) is 37.1 Å². The predicted molar refractivity (Wildman–Crippen MR) is 127 cm³/mol. The Kier molecular flexibility index (Phi) is 12.8. The molecule has 1 aromatic rings. The number of carboxylic acid groups (broad SMARTS) is 1. The number of benzene rings is 1. The lowest BCUT2D eigenvalue weighted by Crippen LogP contribution is -2.40. The highest BCUT2D eigenvalue weighted by atomic mass is 16.7. The third-order valence-corrected chi connectivity index (χ3v) is 5.33. The van der Waals surface area contributed by atoms with E-state index in [2.05, 4.69) is 0 Å². The standard InChI is InChI=1S/C25H37NO9/c1-6-9-20(27)34-18-12-11-17(13-19(18)35-21(28)10-7-2)22(23(26)24(29)30)15(4)14-32-25(31)33-16(5)8-3/h11-13,15-16,22-23H,6-10,14,26H2,1-5H3,(H,29,30)/t15?,16?,22?,23-/m0/s1. The molecule has 3 unspecified atom stereocenters. The average molecular weight is 496 g/mol. The summed E-state index contributed by atoms with van der Waals surface area (Å²) >= 11 is 0. The molecule has 3 N–H and O–H groups in total. The zero-order valence-corrected chi connectivity index (χ0v) is 21.1. The molecular formula is C25H37NO9. The molecule has 0 fully saturated rings. The minimum Gasteiger partial charge on any atom is -0.480 e. The molecule has 35 heavy (non-hydrogen) atoms. The molecular weight excluding hydrogens is 458 g/mol. The van der Waals surface area contributed by atoms with Gasteiger partial charge < -0.3 is 29.8 Å².